The first-order valence-corrected chi connectivity index (χ1v) is 17.0. The Balaban J connectivity index is 0.00000300. The van der Waals surface area contributed by atoms with E-state index in [1.165, 1.54) is 15.9 Å². The summed E-state index contributed by atoms with van der Waals surface area (Å²) >= 11 is 11.0. The standard InChI is InChI=1S/C35H32N7PS2.BrH.Cu/c1-36-34(44)41-39-33(28-22-24-37-25-23-28)32(27-14-6-2-7-15-27)40-42-35(45)38-26-43(29-16-8-3-9-17-29,30-18-10-4-11-19-30)31-20-12-5-13-21-31;;/h2-25H,26H2,1H3,(H3-,36,37,38,39,40,41,42,44,45);1H;/q;;+2/p-2. The van der Waals surface area contributed by atoms with Crippen molar-refractivity contribution in [2.45, 2.75) is 0 Å². The molecule has 5 aromatic rings. The molecular weight excluding hydrogens is 757 g/mol. The van der Waals surface area contributed by atoms with Crippen LogP contribution in [0.3, 0.4) is 0 Å². The molecule has 5 rings (SSSR count). The van der Waals surface area contributed by atoms with Crippen molar-refractivity contribution >= 4 is 70.2 Å². The van der Waals surface area contributed by atoms with Gasteiger partial charge in [-0.15, -0.1) is 10.2 Å². The summed E-state index contributed by atoms with van der Waals surface area (Å²) in [6, 6.07) is 45.1. The molecule has 0 unspecified atom stereocenters. The van der Waals surface area contributed by atoms with Crippen LogP contribution in [0, 0.1) is 0 Å². The number of hydrogen-bond acceptors (Lipinski definition) is 7. The number of amidine groups is 2. The molecule has 1 heterocycles. The maximum absolute atomic E-state index is 5.80. The smallest absolute Gasteiger partial charge is 1.00 e. The summed E-state index contributed by atoms with van der Waals surface area (Å²) in [6.07, 6.45) is 3.93. The van der Waals surface area contributed by atoms with E-state index in [1.807, 2.05) is 60.7 Å². The third-order valence-corrected chi connectivity index (χ3v) is 11.7. The maximum atomic E-state index is 5.80. The van der Waals surface area contributed by atoms with Crippen molar-refractivity contribution in [3.05, 3.63) is 157 Å². The molecule has 0 aliphatic heterocycles. The third kappa shape index (κ3) is 9.61. The quantitative estimate of drug-likeness (QED) is 0.0564. The van der Waals surface area contributed by atoms with Crippen LogP contribution >= 0.6 is 7.26 Å². The van der Waals surface area contributed by atoms with Crippen LogP contribution in [0.15, 0.2) is 166 Å². The van der Waals surface area contributed by atoms with E-state index in [2.05, 4.69) is 109 Å². The van der Waals surface area contributed by atoms with Crippen LogP contribution in [0.1, 0.15) is 11.1 Å². The van der Waals surface area contributed by atoms with E-state index >= 15 is 0 Å². The number of hydrogen-bond donors (Lipinski definition) is 2. The number of nitrogens with zero attached hydrogens (tertiary/aromatic N) is 5. The van der Waals surface area contributed by atoms with Gasteiger partial charge in [0.25, 0.3) is 0 Å². The van der Waals surface area contributed by atoms with Crippen LogP contribution in [0.5, 0.6) is 0 Å². The molecule has 0 aliphatic rings. The van der Waals surface area contributed by atoms with Gasteiger partial charge in [0.2, 0.25) is 0 Å². The predicted octanol–water partition coefficient (Wildman–Crippen LogP) is 1.76. The Morgan fingerprint density at radius 3 is 1.38 bits per heavy atom. The monoisotopic (exact) mass is 786 g/mol. The molecule has 0 saturated heterocycles. The van der Waals surface area contributed by atoms with E-state index in [9.17, 15) is 0 Å². The topological polar surface area (TPSA) is 86.4 Å². The van der Waals surface area contributed by atoms with E-state index in [-0.39, 0.29) is 44.4 Å². The number of halogens is 1. The molecule has 4 aromatic carbocycles. The molecule has 0 fully saturated rings. The molecule has 0 atom stereocenters. The van der Waals surface area contributed by atoms with E-state index < -0.39 is 7.26 Å². The van der Waals surface area contributed by atoms with Crippen LogP contribution in [0.25, 0.3) is 0 Å². The molecule has 0 bridgehead atoms. The molecule has 1 radical (unpaired) electrons. The van der Waals surface area contributed by atoms with Crippen molar-refractivity contribution in [3.8, 4) is 0 Å². The van der Waals surface area contributed by atoms with Crippen LogP contribution < -0.4 is 43.5 Å². The van der Waals surface area contributed by atoms with Gasteiger partial charge in [0, 0.05) is 35.7 Å². The number of rotatable bonds is 10. The maximum Gasteiger partial charge on any atom is 2.00 e. The van der Waals surface area contributed by atoms with Crippen molar-refractivity contribution in [1.29, 1.82) is 0 Å². The van der Waals surface area contributed by atoms with Crippen LogP contribution in [-0.2, 0) is 42.3 Å². The summed E-state index contributed by atoms with van der Waals surface area (Å²) in [6.45, 7) is 0. The zero-order valence-electron chi connectivity index (χ0n) is 25.2. The fourth-order valence-electron chi connectivity index (χ4n) is 4.82. The van der Waals surface area contributed by atoms with Crippen molar-refractivity contribution in [3.63, 3.8) is 0 Å². The second-order valence-corrected chi connectivity index (χ2v) is 14.0. The first kappa shape index (κ1) is 37.6. The van der Waals surface area contributed by atoms with Gasteiger partial charge in [-0.25, -0.2) is 0 Å². The van der Waals surface area contributed by atoms with Gasteiger partial charge in [0.15, 0.2) is 0 Å². The second-order valence-electron chi connectivity index (χ2n) is 9.71. The molecule has 7 nitrogen and oxygen atoms in total. The summed E-state index contributed by atoms with van der Waals surface area (Å²) in [4.78, 5) is 4.15. The molecule has 12 heteroatoms. The minimum Gasteiger partial charge on any atom is -1.00 e. The average Bonchev–Trinajstić information content (AvgIpc) is 3.12. The Hall–Kier alpha value is -3.82. The number of pyridine rings is 1. The zero-order chi connectivity index (χ0) is 31.3. The zero-order valence-corrected chi connectivity index (χ0v) is 30.3. The van der Waals surface area contributed by atoms with Gasteiger partial charge in [-0.3, -0.25) is 4.98 Å². The van der Waals surface area contributed by atoms with Gasteiger partial charge in [-0.05, 0) is 53.7 Å². The molecule has 47 heavy (non-hydrogen) atoms. The summed E-state index contributed by atoms with van der Waals surface area (Å²) in [7, 11) is -0.482. The van der Waals surface area contributed by atoms with Gasteiger partial charge in [0.1, 0.15) is 40.9 Å². The predicted molar refractivity (Wildman–Crippen MR) is 196 cm³/mol. The second kappa shape index (κ2) is 19.1. The van der Waals surface area contributed by atoms with E-state index in [0.29, 0.717) is 17.7 Å². The van der Waals surface area contributed by atoms with Crippen molar-refractivity contribution < 1.29 is 34.1 Å². The fraction of sp³-hybridized carbons (Fsp3) is 0.0571. The molecule has 0 aliphatic carbocycles. The first-order valence-electron chi connectivity index (χ1n) is 14.2. The Kier molecular flexibility index (Phi) is 15.3. The van der Waals surface area contributed by atoms with Crippen molar-refractivity contribution in [2.24, 2.45) is 20.4 Å². The Morgan fingerprint density at radius 1 is 0.574 bits per heavy atom. The summed E-state index contributed by atoms with van der Waals surface area (Å²) in [5.41, 5.74) is 2.52. The van der Waals surface area contributed by atoms with Gasteiger partial charge in [-0.2, -0.15) is 10.2 Å². The molecular formula is C35H31BrCuN7PS2. The fourth-order valence-corrected chi connectivity index (χ4v) is 8.95. The summed E-state index contributed by atoms with van der Waals surface area (Å²) < 4.78 is 0. The van der Waals surface area contributed by atoms with Gasteiger partial charge >= 0.3 is 17.1 Å². The number of benzene rings is 4. The molecule has 1 aromatic heterocycles. The van der Waals surface area contributed by atoms with Gasteiger partial charge in [-0.1, -0.05) is 84.9 Å². The Morgan fingerprint density at radius 2 is 0.957 bits per heavy atom. The number of aromatic nitrogens is 1. The van der Waals surface area contributed by atoms with Crippen molar-refractivity contribution in [1.82, 2.24) is 15.6 Å². The molecule has 0 amide bonds. The average molecular weight is 788 g/mol. The largest absolute Gasteiger partial charge is 2.00 e. The summed E-state index contributed by atoms with van der Waals surface area (Å²) in [5.74, 6) is 0. The van der Waals surface area contributed by atoms with Crippen LogP contribution in [0.2, 0.25) is 0 Å². The molecule has 0 saturated carbocycles. The van der Waals surface area contributed by atoms with Gasteiger partial charge in [0.05, 0.1) is 0 Å². The van der Waals surface area contributed by atoms with Crippen LogP contribution in [-0.4, -0.2) is 40.1 Å². The van der Waals surface area contributed by atoms with Crippen LogP contribution in [0.4, 0.5) is 0 Å². The van der Waals surface area contributed by atoms with E-state index in [1.54, 1.807) is 19.4 Å². The normalized spacial score (nSPS) is 12.4. The summed E-state index contributed by atoms with van der Waals surface area (Å²) in [5, 5.41) is 28.4. The number of nitrogens with one attached hydrogen (secondary N) is 2. The third-order valence-electron chi connectivity index (χ3n) is 6.98. The molecule has 241 valence electrons. The van der Waals surface area contributed by atoms with E-state index in [0.717, 1.165) is 11.1 Å². The SMILES string of the molecule is CNC([S-])=NN=C(C(=NN=C([S-])NC[P+](c1ccccc1)(c1ccccc1)c1ccccc1)c1ccccc1)c1ccncc1.[Br-].[Cu+2]. The van der Waals surface area contributed by atoms with Crippen molar-refractivity contribution in [2.75, 3.05) is 13.3 Å². The van der Waals surface area contributed by atoms with E-state index in [4.69, 9.17) is 25.3 Å². The van der Waals surface area contributed by atoms with Gasteiger partial charge < -0.3 is 52.9 Å². The Bertz CT molecular complexity index is 1700. The molecule has 2 N–H and O–H groups in total. The first-order chi connectivity index (χ1) is 22.1. The molecule has 0 spiro atoms. The minimum absolute atomic E-state index is 0. The Labute approximate surface area is 308 Å². The minimum atomic E-state index is -2.18.